The van der Waals surface area contributed by atoms with E-state index in [2.05, 4.69) is 0 Å². The second kappa shape index (κ2) is 12.5. The predicted molar refractivity (Wildman–Crippen MR) is 32.7 cm³/mol. The average molecular weight is 202 g/mol. The van der Waals surface area contributed by atoms with Gasteiger partial charge in [-0.05, 0) is 0 Å². The summed E-state index contributed by atoms with van der Waals surface area (Å²) in [6, 6.07) is 0. The normalized spacial score (nSPS) is 6.56. The second-order valence-corrected chi connectivity index (χ2v) is 1.41. The molecule has 0 amide bonds. The maximum Gasteiger partial charge on any atom is 2.00 e. The van der Waals surface area contributed by atoms with Gasteiger partial charge in [0.2, 0.25) is 0 Å². The van der Waals surface area contributed by atoms with Gasteiger partial charge in [0.15, 0.2) is 17.4 Å². The number of hydrogen-bond acceptors (Lipinski definition) is 3. The molecule has 0 aliphatic heterocycles. The molecule has 0 aliphatic rings. The Hall–Kier alpha value is 1.82. The van der Waals surface area contributed by atoms with E-state index >= 15 is 0 Å². The van der Waals surface area contributed by atoms with Gasteiger partial charge in [0.1, 0.15) is 0 Å². The molecule has 0 atom stereocenters. The SMILES string of the molecule is O.O.O=P([O-])([O-])O.[AlH3].[Ca+2]. The van der Waals surface area contributed by atoms with E-state index in [4.69, 9.17) is 19.2 Å². The van der Waals surface area contributed by atoms with Gasteiger partial charge in [0.05, 0.1) is 7.82 Å². The summed E-state index contributed by atoms with van der Waals surface area (Å²) in [6.45, 7) is 0. The Morgan fingerprint density at radius 1 is 1.22 bits per heavy atom. The molecule has 9 heavy (non-hydrogen) atoms. The molecular weight excluding hydrogens is 194 g/mol. The summed E-state index contributed by atoms with van der Waals surface area (Å²) in [5, 5.41) is 0. The number of hydrogen-bond donors (Lipinski definition) is 1. The van der Waals surface area contributed by atoms with Crippen molar-refractivity contribution in [3.05, 3.63) is 0 Å². The molecule has 0 unspecified atom stereocenters. The van der Waals surface area contributed by atoms with Crippen molar-refractivity contribution >= 4 is 62.9 Å². The van der Waals surface area contributed by atoms with Crippen LogP contribution in [0.2, 0.25) is 0 Å². The van der Waals surface area contributed by atoms with E-state index in [0.29, 0.717) is 0 Å². The first-order chi connectivity index (χ1) is 2.00. The molecule has 0 aromatic carbocycles. The topological polar surface area (TPSA) is 146 Å². The standard InChI is InChI=1S/Al.Ca.H3O4P.2H2O.3H/c;;1-5(2,3)4;;;;;/h;;(H3,1,2,3,4);2*1H2;;;/q;+2;;;;;;/p-2. The molecule has 0 saturated heterocycles. The molecule has 0 radical (unpaired) electrons. The van der Waals surface area contributed by atoms with Crippen molar-refractivity contribution in [1.82, 2.24) is 0 Å². The summed E-state index contributed by atoms with van der Waals surface area (Å²) in [4.78, 5) is 24.3. The zero-order chi connectivity index (χ0) is 4.50. The Morgan fingerprint density at radius 3 is 1.22 bits per heavy atom. The maximum atomic E-state index is 8.66. The fourth-order valence-electron chi connectivity index (χ4n) is 0. The summed E-state index contributed by atoms with van der Waals surface area (Å²) in [5.74, 6) is 0. The summed E-state index contributed by atoms with van der Waals surface area (Å²) in [5.41, 5.74) is 0. The Bertz CT molecular complexity index is 59.2. The van der Waals surface area contributed by atoms with Gasteiger partial charge in [0.25, 0.3) is 0 Å². The van der Waals surface area contributed by atoms with Crippen molar-refractivity contribution < 1.29 is 30.2 Å². The van der Waals surface area contributed by atoms with E-state index in [1.165, 1.54) is 0 Å². The van der Waals surface area contributed by atoms with Crippen molar-refractivity contribution in [2.24, 2.45) is 0 Å². The molecule has 0 aromatic rings. The third-order valence-corrected chi connectivity index (χ3v) is 0. The smallest absolute Gasteiger partial charge is 0.790 e. The Balaban J connectivity index is -0.0000000133. The van der Waals surface area contributed by atoms with Crippen LogP contribution in [0.25, 0.3) is 0 Å². The van der Waals surface area contributed by atoms with Gasteiger partial charge < -0.3 is 30.2 Å². The summed E-state index contributed by atoms with van der Waals surface area (Å²) < 4.78 is 8.66. The van der Waals surface area contributed by atoms with E-state index in [9.17, 15) is 0 Å². The molecule has 5 N–H and O–H groups in total. The van der Waals surface area contributed by atoms with Crippen LogP contribution in [0.4, 0.5) is 0 Å². The van der Waals surface area contributed by atoms with E-state index in [1.54, 1.807) is 0 Å². The molecule has 0 fully saturated rings. The summed E-state index contributed by atoms with van der Waals surface area (Å²) in [7, 11) is -5.14. The minimum Gasteiger partial charge on any atom is -0.790 e. The molecule has 54 valence electrons. The van der Waals surface area contributed by atoms with Crippen molar-refractivity contribution in [2.75, 3.05) is 0 Å². The maximum absolute atomic E-state index is 8.66. The fourth-order valence-corrected chi connectivity index (χ4v) is 0. The molecule has 0 saturated carbocycles. The number of rotatable bonds is 0. The van der Waals surface area contributed by atoms with Crippen molar-refractivity contribution in [3.8, 4) is 0 Å². The minimum atomic E-state index is -5.14. The number of phosphoric acid groups is 1. The Labute approximate surface area is 92.3 Å². The Kier molecular flexibility index (Phi) is 42.8. The molecule has 0 bridgehead atoms. The van der Waals surface area contributed by atoms with Crippen LogP contribution >= 0.6 is 7.82 Å². The van der Waals surface area contributed by atoms with Gasteiger partial charge in [-0.1, -0.05) is 0 Å². The third-order valence-electron chi connectivity index (χ3n) is 0. The summed E-state index contributed by atoms with van der Waals surface area (Å²) in [6.07, 6.45) is 0. The van der Waals surface area contributed by atoms with Crippen LogP contribution in [0.5, 0.6) is 0 Å². The first-order valence-corrected chi connectivity index (χ1v) is 2.24. The van der Waals surface area contributed by atoms with Crippen LogP contribution in [0, 0.1) is 0 Å². The molecule has 9 heteroatoms. The molecule has 0 aliphatic carbocycles. The van der Waals surface area contributed by atoms with Gasteiger partial charge in [0, 0.05) is 0 Å². The average Bonchev–Trinajstić information content (AvgIpc) is 0.722. The molecule has 0 heterocycles. The van der Waals surface area contributed by atoms with Gasteiger partial charge >= 0.3 is 37.7 Å². The minimum absolute atomic E-state index is 0. The van der Waals surface area contributed by atoms with E-state index in [1.807, 2.05) is 0 Å². The second-order valence-electron chi connectivity index (χ2n) is 0.469. The van der Waals surface area contributed by atoms with Crippen molar-refractivity contribution in [2.45, 2.75) is 0 Å². The molecular formula is H8AlCaO6P. The van der Waals surface area contributed by atoms with Crippen LogP contribution in [0.3, 0.4) is 0 Å². The van der Waals surface area contributed by atoms with Crippen molar-refractivity contribution in [1.29, 1.82) is 0 Å². The van der Waals surface area contributed by atoms with Crippen LogP contribution < -0.4 is 9.79 Å². The fraction of sp³-hybridized carbons (Fsp3) is 0. The zero-order valence-corrected chi connectivity index (χ0v) is 6.93. The zero-order valence-electron chi connectivity index (χ0n) is 3.83. The molecule has 6 nitrogen and oxygen atoms in total. The first-order valence-electron chi connectivity index (χ1n) is 0.748. The van der Waals surface area contributed by atoms with Gasteiger partial charge in [-0.2, -0.15) is 0 Å². The monoisotopic (exact) mass is 202 g/mol. The Morgan fingerprint density at radius 2 is 1.22 bits per heavy atom. The largest absolute Gasteiger partial charge is 2.00 e. The van der Waals surface area contributed by atoms with E-state index < -0.39 is 7.82 Å². The van der Waals surface area contributed by atoms with Crippen LogP contribution in [-0.4, -0.2) is 70.9 Å². The van der Waals surface area contributed by atoms with Gasteiger partial charge in [-0.15, -0.1) is 0 Å². The van der Waals surface area contributed by atoms with Crippen molar-refractivity contribution in [3.63, 3.8) is 0 Å². The van der Waals surface area contributed by atoms with E-state index in [-0.39, 0.29) is 66.1 Å². The van der Waals surface area contributed by atoms with Crippen LogP contribution in [-0.2, 0) is 4.57 Å². The van der Waals surface area contributed by atoms with Gasteiger partial charge in [-0.25, -0.2) is 0 Å². The first kappa shape index (κ1) is 30.8. The van der Waals surface area contributed by atoms with E-state index in [0.717, 1.165) is 0 Å². The quantitative estimate of drug-likeness (QED) is 0.308. The predicted octanol–water partition coefficient (Wildman–Crippen LogP) is -5.41. The van der Waals surface area contributed by atoms with Crippen LogP contribution in [0.1, 0.15) is 0 Å². The molecule has 0 rings (SSSR count). The molecule has 0 aromatic heterocycles. The summed E-state index contributed by atoms with van der Waals surface area (Å²) >= 11 is 0. The third kappa shape index (κ3) is 181. The molecule has 0 spiro atoms. The van der Waals surface area contributed by atoms with Gasteiger partial charge in [-0.3, -0.25) is 0 Å². The van der Waals surface area contributed by atoms with Crippen LogP contribution in [0.15, 0.2) is 0 Å².